The number of esters is 1. The van der Waals surface area contributed by atoms with Crippen molar-refractivity contribution in [2.75, 3.05) is 13.6 Å². The first kappa shape index (κ1) is 29.5. The number of rotatable bonds is 7. The summed E-state index contributed by atoms with van der Waals surface area (Å²) in [5.41, 5.74) is 5.55. The van der Waals surface area contributed by atoms with Crippen molar-refractivity contribution in [2.24, 2.45) is 5.92 Å². The number of aliphatic carboxylic acids is 2. The number of carbonyl (C=O) groups is 4. The molecule has 0 radical (unpaired) electrons. The summed E-state index contributed by atoms with van der Waals surface area (Å²) in [6.45, 7) is 6.64. The number of benzene rings is 2. The van der Waals surface area contributed by atoms with Crippen molar-refractivity contribution in [1.82, 2.24) is 9.47 Å². The number of carboxylic acids is 2. The van der Waals surface area contributed by atoms with Gasteiger partial charge in [0, 0.05) is 53.4 Å². The van der Waals surface area contributed by atoms with Crippen LogP contribution in [0.15, 0.2) is 73.0 Å². The van der Waals surface area contributed by atoms with Crippen LogP contribution in [0.3, 0.4) is 0 Å². The van der Waals surface area contributed by atoms with Crippen LogP contribution < -0.4 is 0 Å². The molecule has 2 heterocycles. The average Bonchev–Trinajstić information content (AvgIpc) is 3.32. The van der Waals surface area contributed by atoms with Gasteiger partial charge in [0.15, 0.2) is 6.10 Å². The van der Waals surface area contributed by atoms with Gasteiger partial charge in [0.05, 0.1) is 5.92 Å². The first-order valence-electron chi connectivity index (χ1n) is 13.5. The number of hydrogen-bond acceptors (Lipinski definition) is 6. The Kier molecular flexibility index (Phi) is 8.88. The van der Waals surface area contributed by atoms with Gasteiger partial charge in [-0.2, -0.15) is 0 Å². The molecule has 2 N–H and O–H groups in total. The van der Waals surface area contributed by atoms with Crippen LogP contribution in [-0.2, 0) is 25.5 Å². The van der Waals surface area contributed by atoms with E-state index in [9.17, 15) is 19.2 Å². The van der Waals surface area contributed by atoms with Gasteiger partial charge in [-0.1, -0.05) is 48.5 Å². The molecule has 0 spiro atoms. The molecule has 0 fully saturated rings. The highest BCUT2D eigenvalue weighted by Gasteiger charge is 2.37. The Morgan fingerprint density at radius 1 is 0.951 bits per heavy atom. The Morgan fingerprint density at radius 2 is 1.61 bits per heavy atom. The monoisotopic (exact) mass is 558 g/mol. The zero-order valence-electron chi connectivity index (χ0n) is 23.5. The van der Waals surface area contributed by atoms with Crippen LogP contribution in [0.5, 0.6) is 0 Å². The number of carboxylic acid groups (broad SMARTS) is 2. The topological polar surface area (TPSA) is 126 Å². The normalized spacial score (nSPS) is 18.7. The van der Waals surface area contributed by atoms with Gasteiger partial charge in [-0.3, -0.25) is 14.5 Å². The summed E-state index contributed by atoms with van der Waals surface area (Å²) in [6, 6.07) is 16.0. The van der Waals surface area contributed by atoms with Crippen LogP contribution in [0.4, 0.5) is 0 Å². The summed E-state index contributed by atoms with van der Waals surface area (Å²) >= 11 is 0. The molecular formula is C32H34N2O7. The number of Topliss-reactive ketones (excluding diaryl/α,β-unsaturated/α-hetero) is 1. The van der Waals surface area contributed by atoms with E-state index < -0.39 is 24.0 Å². The molecule has 41 heavy (non-hydrogen) atoms. The SMILES string of the molecule is CC(OC(=O)[C@@H]1C=C2c3cccc4c3c(cn4C(C)C)C[C@H]2N(C)C1)C(=O)c1ccccc1.O=C(O)/C=C\C(=O)O. The van der Waals surface area contributed by atoms with Crippen LogP contribution >= 0.6 is 0 Å². The maximum atomic E-state index is 13.1. The predicted molar refractivity (Wildman–Crippen MR) is 155 cm³/mol. The quantitative estimate of drug-likeness (QED) is 0.244. The summed E-state index contributed by atoms with van der Waals surface area (Å²) in [5.74, 6) is -3.45. The molecule has 214 valence electrons. The minimum absolute atomic E-state index is 0.180. The molecule has 2 aliphatic rings. The molecule has 1 unspecified atom stereocenters. The molecular weight excluding hydrogens is 524 g/mol. The fourth-order valence-electron chi connectivity index (χ4n) is 5.45. The van der Waals surface area contributed by atoms with E-state index in [2.05, 4.69) is 60.8 Å². The summed E-state index contributed by atoms with van der Waals surface area (Å²) in [7, 11) is 2.07. The molecule has 0 bridgehead atoms. The highest BCUT2D eigenvalue weighted by atomic mass is 16.5. The van der Waals surface area contributed by atoms with E-state index in [1.54, 1.807) is 19.1 Å². The van der Waals surface area contributed by atoms with Crippen molar-refractivity contribution in [3.8, 4) is 0 Å². The van der Waals surface area contributed by atoms with E-state index in [0.717, 1.165) is 6.42 Å². The Bertz CT molecular complexity index is 1520. The van der Waals surface area contributed by atoms with Gasteiger partial charge < -0.3 is 19.5 Å². The molecule has 3 aromatic rings. The van der Waals surface area contributed by atoms with Gasteiger partial charge in [-0.15, -0.1) is 0 Å². The van der Waals surface area contributed by atoms with Gasteiger partial charge in [-0.05, 0) is 57.0 Å². The van der Waals surface area contributed by atoms with E-state index in [1.165, 1.54) is 27.6 Å². The fourth-order valence-corrected chi connectivity index (χ4v) is 5.45. The molecule has 9 nitrogen and oxygen atoms in total. The Balaban J connectivity index is 0.000000426. The lowest BCUT2D eigenvalue weighted by Gasteiger charge is -2.39. The molecule has 0 saturated heterocycles. The maximum Gasteiger partial charge on any atom is 0.328 e. The zero-order chi connectivity index (χ0) is 29.8. The van der Waals surface area contributed by atoms with Gasteiger partial charge >= 0.3 is 17.9 Å². The number of hydrogen-bond donors (Lipinski definition) is 2. The first-order valence-corrected chi connectivity index (χ1v) is 13.5. The van der Waals surface area contributed by atoms with Crippen LogP contribution in [0.25, 0.3) is 16.5 Å². The van der Waals surface area contributed by atoms with Crippen LogP contribution in [-0.4, -0.2) is 69.1 Å². The second kappa shape index (κ2) is 12.3. The molecule has 9 heteroatoms. The van der Waals surface area contributed by atoms with Crippen LogP contribution in [0, 0.1) is 5.92 Å². The third kappa shape index (κ3) is 6.47. The number of carbonyl (C=O) groups excluding carboxylic acids is 2. The van der Waals surface area contributed by atoms with Crippen molar-refractivity contribution < 1.29 is 34.1 Å². The largest absolute Gasteiger partial charge is 0.478 e. The fraction of sp³-hybridized carbons (Fsp3) is 0.312. The molecule has 2 aromatic carbocycles. The lowest BCUT2D eigenvalue weighted by atomic mass is 9.80. The highest BCUT2D eigenvalue weighted by Crippen LogP contribution is 2.42. The minimum atomic E-state index is -1.26. The molecule has 0 amide bonds. The zero-order valence-corrected chi connectivity index (χ0v) is 23.5. The molecule has 0 saturated carbocycles. The lowest BCUT2D eigenvalue weighted by molar-refractivity contribution is -0.150. The molecule has 1 aliphatic heterocycles. The lowest BCUT2D eigenvalue weighted by Crippen LogP contribution is -2.45. The Morgan fingerprint density at radius 3 is 2.22 bits per heavy atom. The number of ketones is 1. The molecule has 1 aromatic heterocycles. The Hall–Kier alpha value is -4.50. The molecule has 5 rings (SSSR count). The number of fused-ring (bicyclic) bond motifs is 2. The van der Waals surface area contributed by atoms with Crippen molar-refractivity contribution >= 4 is 40.2 Å². The van der Waals surface area contributed by atoms with E-state index >= 15 is 0 Å². The predicted octanol–water partition coefficient (Wildman–Crippen LogP) is 4.62. The molecule has 1 aliphatic carbocycles. The summed E-state index contributed by atoms with van der Waals surface area (Å²) < 4.78 is 7.99. The smallest absolute Gasteiger partial charge is 0.328 e. The van der Waals surface area contributed by atoms with Gasteiger partial charge in [0.2, 0.25) is 5.78 Å². The van der Waals surface area contributed by atoms with Crippen molar-refractivity contribution in [3.05, 3.63) is 89.6 Å². The van der Waals surface area contributed by atoms with Crippen LogP contribution in [0.1, 0.15) is 48.3 Å². The number of nitrogens with zero attached hydrogens (tertiary/aromatic N) is 2. The first-order chi connectivity index (χ1) is 19.5. The van der Waals surface area contributed by atoms with Gasteiger partial charge in [0.25, 0.3) is 0 Å². The molecule has 3 atom stereocenters. The minimum Gasteiger partial charge on any atom is -0.478 e. The number of ether oxygens (including phenoxy) is 1. The highest BCUT2D eigenvalue weighted by molar-refractivity contribution is 6.01. The summed E-state index contributed by atoms with van der Waals surface area (Å²) in [4.78, 5) is 47.1. The number of likely N-dealkylation sites (N-methyl/N-ethyl adjacent to an activating group) is 1. The Labute approximate surface area is 238 Å². The van der Waals surface area contributed by atoms with Gasteiger partial charge in [-0.25, -0.2) is 9.59 Å². The second-order valence-electron chi connectivity index (χ2n) is 10.6. The third-order valence-corrected chi connectivity index (χ3v) is 7.37. The second-order valence-corrected chi connectivity index (χ2v) is 10.6. The van der Waals surface area contributed by atoms with E-state index in [1.807, 2.05) is 18.2 Å². The van der Waals surface area contributed by atoms with E-state index in [-0.39, 0.29) is 17.8 Å². The standard InChI is InChI=1S/C28H30N2O3.C4H4O4/c1-17(2)30-16-20-14-25-23(22-11-8-12-24(30)26(20)22)13-21(15-29(25)4)28(32)33-18(3)27(31)19-9-6-5-7-10-19;5-3(6)1-2-4(7)8/h5-13,16-18,21,25H,14-15H2,1-4H3;1-2H,(H,5,6)(H,7,8)/b;2-1-/t18?,21-,25-;/m1./s1. The van der Waals surface area contributed by atoms with Crippen LogP contribution in [0.2, 0.25) is 0 Å². The summed E-state index contributed by atoms with van der Waals surface area (Å²) in [6.07, 6.45) is 5.60. The number of aromatic nitrogens is 1. The van der Waals surface area contributed by atoms with Crippen molar-refractivity contribution in [1.29, 1.82) is 0 Å². The van der Waals surface area contributed by atoms with E-state index in [4.69, 9.17) is 14.9 Å². The van der Waals surface area contributed by atoms with Gasteiger partial charge in [0.1, 0.15) is 0 Å². The van der Waals surface area contributed by atoms with Crippen molar-refractivity contribution in [3.63, 3.8) is 0 Å². The third-order valence-electron chi connectivity index (χ3n) is 7.37. The van der Waals surface area contributed by atoms with E-state index in [0.29, 0.717) is 30.3 Å². The average molecular weight is 559 g/mol. The summed E-state index contributed by atoms with van der Waals surface area (Å²) in [5, 5.41) is 16.9. The van der Waals surface area contributed by atoms with Crippen molar-refractivity contribution in [2.45, 2.75) is 45.4 Å². The maximum absolute atomic E-state index is 13.1.